The van der Waals surface area contributed by atoms with E-state index in [0.29, 0.717) is 5.69 Å². The average molecular weight is 386 g/mol. The molecule has 28 heavy (non-hydrogen) atoms. The number of hydrogen-bond acceptors (Lipinski definition) is 3. The topological polar surface area (TPSA) is 54.1 Å². The Kier molecular flexibility index (Phi) is 3.99. The zero-order valence-corrected chi connectivity index (χ0v) is 15.1. The number of rotatable bonds is 2. The number of nitrogens with one attached hydrogen (secondary N) is 2. The van der Waals surface area contributed by atoms with Gasteiger partial charge in [0.2, 0.25) is 0 Å². The van der Waals surface area contributed by atoms with Crippen molar-refractivity contribution in [1.29, 1.82) is 0 Å². The molecule has 0 saturated heterocycles. The predicted octanol–water partition coefficient (Wildman–Crippen LogP) is 5.09. The number of aryl methyl sites for hydroxylation is 2. The first-order valence-electron chi connectivity index (χ1n) is 8.65. The van der Waals surface area contributed by atoms with Gasteiger partial charge in [-0.1, -0.05) is 35.9 Å². The Hall–Kier alpha value is -3.22. The smallest absolute Gasteiger partial charge is 0.422 e. The van der Waals surface area contributed by atoms with Gasteiger partial charge in [-0.3, -0.25) is 0 Å². The first kappa shape index (κ1) is 18.2. The molecule has 1 aliphatic heterocycles. The van der Waals surface area contributed by atoms with Crippen molar-refractivity contribution in [2.75, 3.05) is 5.32 Å². The fourth-order valence-electron chi connectivity index (χ4n) is 3.28. The van der Waals surface area contributed by atoms with E-state index in [1.54, 1.807) is 25.1 Å². The van der Waals surface area contributed by atoms with E-state index in [9.17, 15) is 18.0 Å². The lowest BCUT2D eigenvalue weighted by Gasteiger charge is -2.38. The van der Waals surface area contributed by atoms with Crippen LogP contribution in [0.1, 0.15) is 16.8 Å². The van der Waals surface area contributed by atoms with Crippen LogP contribution in [0.2, 0.25) is 0 Å². The first-order valence-corrected chi connectivity index (χ1v) is 8.65. The largest absolute Gasteiger partial charge is 0.428 e. The number of carbonyl (C=O) groups excluding carboxylic acids is 1. The molecule has 1 aliphatic rings. The van der Waals surface area contributed by atoms with Gasteiger partial charge in [0.25, 0.3) is 5.54 Å². The number of halogens is 3. The molecule has 4 nitrogen and oxygen atoms in total. The molecule has 144 valence electrons. The van der Waals surface area contributed by atoms with Crippen molar-refractivity contribution < 1.29 is 22.7 Å². The fourth-order valence-corrected chi connectivity index (χ4v) is 3.28. The van der Waals surface area contributed by atoms with Gasteiger partial charge in [0.15, 0.2) is 5.75 Å². The monoisotopic (exact) mass is 386 g/mol. The quantitative estimate of drug-likeness (QED) is 0.477. The van der Waals surface area contributed by atoms with Crippen LogP contribution in [-0.4, -0.2) is 17.1 Å². The molecular formula is C21H17F3N2O2. The minimum atomic E-state index is -4.93. The van der Waals surface area contributed by atoms with Crippen LogP contribution in [0.3, 0.4) is 0 Å². The number of aromatic amines is 1. The van der Waals surface area contributed by atoms with Crippen LogP contribution in [0, 0.1) is 13.8 Å². The third kappa shape index (κ3) is 2.74. The zero-order valence-electron chi connectivity index (χ0n) is 15.1. The van der Waals surface area contributed by atoms with Crippen molar-refractivity contribution in [2.24, 2.45) is 0 Å². The van der Waals surface area contributed by atoms with Crippen LogP contribution in [0.5, 0.6) is 5.75 Å². The Balaban J connectivity index is 1.83. The number of carbonyl (C=O) groups is 1. The Morgan fingerprint density at radius 2 is 1.61 bits per heavy atom. The summed E-state index contributed by atoms with van der Waals surface area (Å²) >= 11 is 0. The number of alkyl halides is 3. The molecule has 0 aliphatic carbocycles. The van der Waals surface area contributed by atoms with Crippen LogP contribution in [0.4, 0.5) is 18.9 Å². The summed E-state index contributed by atoms with van der Waals surface area (Å²) in [6.45, 7) is 3.68. The summed E-state index contributed by atoms with van der Waals surface area (Å²) in [6, 6.07) is 14.8. The van der Waals surface area contributed by atoms with Gasteiger partial charge in [-0.15, -0.1) is 0 Å². The lowest BCUT2D eigenvalue weighted by atomic mass is 9.92. The molecule has 3 aromatic rings. The maximum absolute atomic E-state index is 14.2. The summed E-state index contributed by atoms with van der Waals surface area (Å²) in [5, 5.41) is 2.39. The minimum absolute atomic E-state index is 0.0789. The number of benzene rings is 2. The number of fused-ring (bicyclic) bond motifs is 1. The standard InChI is InChI=1S/C21H17F3N2O2/c1-12-3-6-14(7-4-12)15-9-10-18(25-15)20(21(22,23)24)19(27)28-17-11-13(2)5-8-16(17)26-20/h3-11,25-26H,1-2H3/t20-/m1/s1. The third-order valence-corrected chi connectivity index (χ3v) is 4.85. The molecule has 0 radical (unpaired) electrons. The van der Waals surface area contributed by atoms with Gasteiger partial charge >= 0.3 is 12.1 Å². The van der Waals surface area contributed by atoms with Gasteiger partial charge in [0.05, 0.1) is 11.4 Å². The summed E-state index contributed by atoms with van der Waals surface area (Å²) in [5.41, 5.74) is -0.239. The van der Waals surface area contributed by atoms with Crippen molar-refractivity contribution in [3.05, 3.63) is 71.4 Å². The van der Waals surface area contributed by atoms with Crippen molar-refractivity contribution in [1.82, 2.24) is 4.98 Å². The molecule has 2 aromatic carbocycles. The average Bonchev–Trinajstić information content (AvgIpc) is 3.11. The predicted molar refractivity (Wildman–Crippen MR) is 99.1 cm³/mol. The summed E-state index contributed by atoms with van der Waals surface area (Å²) < 4.78 is 47.7. The van der Waals surface area contributed by atoms with Gasteiger partial charge in [-0.2, -0.15) is 13.2 Å². The van der Waals surface area contributed by atoms with Crippen molar-refractivity contribution in [3.8, 4) is 17.0 Å². The molecule has 2 heterocycles. The second-order valence-corrected chi connectivity index (χ2v) is 6.91. The molecule has 0 fully saturated rings. The summed E-state index contributed by atoms with van der Waals surface area (Å²) in [6.07, 6.45) is -4.93. The van der Waals surface area contributed by atoms with Crippen LogP contribution in [0.15, 0.2) is 54.6 Å². The maximum Gasteiger partial charge on any atom is 0.428 e. The van der Waals surface area contributed by atoms with E-state index in [1.165, 1.54) is 24.3 Å². The van der Waals surface area contributed by atoms with Gasteiger partial charge in [-0.05, 0) is 49.2 Å². The first-order chi connectivity index (χ1) is 13.2. The molecule has 1 atom stereocenters. The summed E-state index contributed by atoms with van der Waals surface area (Å²) in [7, 11) is 0. The zero-order chi connectivity index (χ0) is 20.1. The number of esters is 1. The molecule has 7 heteroatoms. The highest BCUT2D eigenvalue weighted by molar-refractivity contribution is 5.93. The summed E-state index contributed by atoms with van der Waals surface area (Å²) in [5.74, 6) is -1.34. The highest BCUT2D eigenvalue weighted by Crippen LogP contribution is 2.47. The molecule has 1 aromatic heterocycles. The maximum atomic E-state index is 14.2. The number of anilines is 1. The fraction of sp³-hybridized carbons (Fsp3) is 0.190. The van der Waals surface area contributed by atoms with Crippen LogP contribution < -0.4 is 10.1 Å². The minimum Gasteiger partial charge on any atom is -0.422 e. The van der Waals surface area contributed by atoms with E-state index < -0.39 is 17.7 Å². The molecule has 2 N–H and O–H groups in total. The van der Waals surface area contributed by atoms with E-state index >= 15 is 0 Å². The Morgan fingerprint density at radius 3 is 2.29 bits per heavy atom. The van der Waals surface area contributed by atoms with Crippen molar-refractivity contribution >= 4 is 11.7 Å². The number of hydrogen-bond donors (Lipinski definition) is 2. The Morgan fingerprint density at radius 1 is 0.929 bits per heavy atom. The van der Waals surface area contributed by atoms with E-state index in [0.717, 1.165) is 16.7 Å². The van der Waals surface area contributed by atoms with Gasteiger partial charge in [-0.25, -0.2) is 4.79 Å². The Bertz CT molecular complexity index is 1050. The number of ether oxygens (including phenoxy) is 1. The van der Waals surface area contributed by atoms with E-state index in [4.69, 9.17) is 4.74 Å². The van der Waals surface area contributed by atoms with Gasteiger partial charge in [0.1, 0.15) is 0 Å². The van der Waals surface area contributed by atoms with Crippen LogP contribution in [0.25, 0.3) is 11.3 Å². The molecule has 0 bridgehead atoms. The third-order valence-electron chi connectivity index (χ3n) is 4.85. The number of H-pyrrole nitrogens is 1. The van der Waals surface area contributed by atoms with E-state index in [-0.39, 0.29) is 17.1 Å². The normalized spacial score (nSPS) is 19.0. The molecule has 4 rings (SSSR count). The number of aromatic nitrogens is 1. The lowest BCUT2D eigenvalue weighted by Crippen LogP contribution is -2.59. The van der Waals surface area contributed by atoms with Crippen molar-refractivity contribution in [3.63, 3.8) is 0 Å². The van der Waals surface area contributed by atoms with Crippen LogP contribution in [-0.2, 0) is 10.3 Å². The molecule has 0 spiro atoms. The molecular weight excluding hydrogens is 369 g/mol. The highest BCUT2D eigenvalue weighted by atomic mass is 19.4. The second-order valence-electron chi connectivity index (χ2n) is 6.91. The van der Waals surface area contributed by atoms with E-state index in [1.807, 2.05) is 19.1 Å². The van der Waals surface area contributed by atoms with Crippen LogP contribution >= 0.6 is 0 Å². The molecule has 0 amide bonds. The molecule has 0 unspecified atom stereocenters. The SMILES string of the molecule is Cc1ccc(-c2ccc([C@@]3(C(F)(F)F)Nc4ccc(C)cc4OC3=O)[nH]2)cc1. The van der Waals surface area contributed by atoms with Gasteiger partial charge in [0, 0.05) is 5.69 Å². The highest BCUT2D eigenvalue weighted by Gasteiger charge is 2.66. The van der Waals surface area contributed by atoms with Crippen molar-refractivity contribution in [2.45, 2.75) is 25.6 Å². The lowest BCUT2D eigenvalue weighted by molar-refractivity contribution is -0.199. The summed E-state index contributed by atoms with van der Waals surface area (Å²) in [4.78, 5) is 15.4. The van der Waals surface area contributed by atoms with Gasteiger partial charge < -0.3 is 15.0 Å². The Labute approximate surface area is 159 Å². The van der Waals surface area contributed by atoms with E-state index in [2.05, 4.69) is 10.3 Å². The molecule has 0 saturated carbocycles. The second kappa shape index (κ2) is 6.15.